The van der Waals surface area contributed by atoms with Gasteiger partial charge in [-0.25, -0.2) is 14.1 Å². The Kier molecular flexibility index (Phi) is 5.92. The molecule has 26 heavy (non-hydrogen) atoms. The van der Waals surface area contributed by atoms with Crippen molar-refractivity contribution in [3.63, 3.8) is 0 Å². The number of benzene rings is 2. The molecule has 2 aromatic carbocycles. The predicted molar refractivity (Wildman–Crippen MR) is 99.7 cm³/mol. The van der Waals surface area contributed by atoms with Gasteiger partial charge in [0, 0.05) is 20.1 Å². The first-order valence-corrected chi connectivity index (χ1v) is 8.37. The summed E-state index contributed by atoms with van der Waals surface area (Å²) in [6.07, 6.45) is 3.90. The topological polar surface area (TPSA) is 67.1 Å². The van der Waals surface area contributed by atoms with Gasteiger partial charge >= 0.3 is 0 Å². The molecule has 0 spiro atoms. The van der Waals surface area contributed by atoms with Crippen LogP contribution in [0, 0.1) is 5.82 Å². The highest BCUT2D eigenvalue weighted by molar-refractivity contribution is 5.79. The largest absolute Gasteiger partial charge is 0.356 e. The zero-order chi connectivity index (χ0) is 18.2. The molecule has 134 valence electrons. The molecular formula is C19H21FN6. The summed E-state index contributed by atoms with van der Waals surface area (Å²) in [5.41, 5.74) is 3.04. The molecule has 6 nitrogen and oxygen atoms in total. The van der Waals surface area contributed by atoms with E-state index in [-0.39, 0.29) is 5.82 Å². The highest BCUT2D eigenvalue weighted by Crippen LogP contribution is 2.08. The maximum Gasteiger partial charge on any atom is 0.191 e. The third-order valence-electron chi connectivity index (χ3n) is 3.90. The van der Waals surface area contributed by atoms with E-state index in [2.05, 4.69) is 25.7 Å². The van der Waals surface area contributed by atoms with E-state index < -0.39 is 0 Å². The fraction of sp³-hybridized carbons (Fsp3) is 0.211. The maximum absolute atomic E-state index is 13.2. The summed E-state index contributed by atoms with van der Waals surface area (Å²) in [7, 11) is 1.73. The second-order valence-electron chi connectivity index (χ2n) is 5.74. The van der Waals surface area contributed by atoms with Crippen molar-refractivity contribution in [2.24, 2.45) is 4.99 Å². The van der Waals surface area contributed by atoms with Crippen molar-refractivity contribution in [1.29, 1.82) is 0 Å². The highest BCUT2D eigenvalue weighted by atomic mass is 19.1. The van der Waals surface area contributed by atoms with Crippen molar-refractivity contribution in [3.05, 3.63) is 78.1 Å². The molecular weight excluding hydrogens is 331 g/mol. The first kappa shape index (κ1) is 17.6. The van der Waals surface area contributed by atoms with E-state index in [1.807, 2.05) is 30.3 Å². The molecule has 1 aromatic heterocycles. The number of hydrogen-bond donors (Lipinski definition) is 2. The van der Waals surface area contributed by atoms with E-state index in [1.165, 1.54) is 12.4 Å². The van der Waals surface area contributed by atoms with Crippen LogP contribution in [-0.2, 0) is 13.0 Å². The fourth-order valence-corrected chi connectivity index (χ4v) is 2.53. The van der Waals surface area contributed by atoms with Crippen molar-refractivity contribution in [2.45, 2.75) is 13.0 Å². The number of aliphatic imine (C=N–C) groups is 1. The second-order valence-corrected chi connectivity index (χ2v) is 5.74. The smallest absolute Gasteiger partial charge is 0.191 e. The lowest BCUT2D eigenvalue weighted by Crippen LogP contribution is -2.37. The summed E-state index contributed by atoms with van der Waals surface area (Å²) >= 11 is 0. The number of nitrogens with one attached hydrogen (secondary N) is 2. The molecule has 3 aromatic rings. The summed E-state index contributed by atoms with van der Waals surface area (Å²) in [5.74, 6) is 0.501. The Balaban J connectivity index is 1.46. The Labute approximate surface area is 151 Å². The molecule has 0 saturated carbocycles. The predicted octanol–water partition coefficient (Wildman–Crippen LogP) is 2.31. The first-order valence-electron chi connectivity index (χ1n) is 8.37. The van der Waals surface area contributed by atoms with Crippen LogP contribution in [0.2, 0.25) is 0 Å². The van der Waals surface area contributed by atoms with Gasteiger partial charge in [-0.05, 0) is 41.8 Å². The summed E-state index contributed by atoms with van der Waals surface area (Å²) in [4.78, 5) is 8.15. The summed E-state index contributed by atoms with van der Waals surface area (Å²) in [6.45, 7) is 1.33. The molecule has 0 fully saturated rings. The Bertz CT molecular complexity index is 843. The Hall–Kier alpha value is -3.22. The van der Waals surface area contributed by atoms with Crippen molar-refractivity contribution in [1.82, 2.24) is 25.4 Å². The van der Waals surface area contributed by atoms with Gasteiger partial charge in [-0.1, -0.05) is 24.3 Å². The van der Waals surface area contributed by atoms with Gasteiger partial charge in [0.05, 0.1) is 5.69 Å². The average Bonchev–Trinajstić information content (AvgIpc) is 3.20. The van der Waals surface area contributed by atoms with Crippen LogP contribution < -0.4 is 10.6 Å². The van der Waals surface area contributed by atoms with Crippen molar-refractivity contribution in [3.8, 4) is 5.69 Å². The molecule has 0 aliphatic carbocycles. The zero-order valence-electron chi connectivity index (χ0n) is 14.6. The van der Waals surface area contributed by atoms with E-state index in [4.69, 9.17) is 0 Å². The zero-order valence-corrected chi connectivity index (χ0v) is 14.6. The molecule has 0 bridgehead atoms. The molecule has 3 rings (SSSR count). The molecule has 7 heteroatoms. The lowest BCUT2D eigenvalue weighted by Gasteiger charge is -2.12. The first-order chi connectivity index (χ1) is 12.7. The summed E-state index contributed by atoms with van der Waals surface area (Å²) in [5, 5.41) is 10.6. The third kappa shape index (κ3) is 4.89. The van der Waals surface area contributed by atoms with Gasteiger partial charge in [0.2, 0.25) is 0 Å². The maximum atomic E-state index is 13.2. The quantitative estimate of drug-likeness (QED) is 0.528. The molecule has 0 radical (unpaired) electrons. The van der Waals surface area contributed by atoms with Gasteiger partial charge in [-0.15, -0.1) is 0 Å². The Morgan fingerprint density at radius 1 is 1.12 bits per heavy atom. The van der Waals surface area contributed by atoms with E-state index >= 15 is 0 Å². The number of halogens is 1. The van der Waals surface area contributed by atoms with Crippen LogP contribution in [0.25, 0.3) is 5.69 Å². The van der Waals surface area contributed by atoms with Crippen molar-refractivity contribution in [2.75, 3.05) is 13.6 Å². The van der Waals surface area contributed by atoms with Crippen LogP contribution in [0.1, 0.15) is 11.1 Å². The van der Waals surface area contributed by atoms with Crippen LogP contribution in [0.5, 0.6) is 0 Å². The standard InChI is InChI=1S/C19H21FN6/c1-21-19(23-10-9-15-3-2-4-17(20)11-15)24-12-16-5-7-18(8-6-16)26-14-22-13-25-26/h2-8,11,13-14H,9-10,12H2,1H3,(H2,21,23,24). The van der Waals surface area contributed by atoms with Crippen LogP contribution in [0.15, 0.2) is 66.2 Å². The van der Waals surface area contributed by atoms with Gasteiger partial charge in [0.25, 0.3) is 0 Å². The third-order valence-corrected chi connectivity index (χ3v) is 3.90. The van der Waals surface area contributed by atoms with Gasteiger partial charge in [0.1, 0.15) is 18.5 Å². The van der Waals surface area contributed by atoms with Gasteiger partial charge in [-0.3, -0.25) is 4.99 Å². The van der Waals surface area contributed by atoms with E-state index in [1.54, 1.807) is 30.2 Å². The normalized spacial score (nSPS) is 11.4. The SMILES string of the molecule is CN=C(NCCc1cccc(F)c1)NCc1ccc(-n2cncn2)cc1. The minimum atomic E-state index is -0.209. The lowest BCUT2D eigenvalue weighted by atomic mass is 10.1. The lowest BCUT2D eigenvalue weighted by molar-refractivity contribution is 0.625. The monoisotopic (exact) mass is 352 g/mol. The van der Waals surface area contributed by atoms with Crippen molar-refractivity contribution >= 4 is 5.96 Å². The summed E-state index contributed by atoms with van der Waals surface area (Å²) < 4.78 is 14.9. The number of guanidine groups is 1. The number of nitrogens with zero attached hydrogens (tertiary/aromatic N) is 4. The van der Waals surface area contributed by atoms with Crippen LogP contribution in [0.4, 0.5) is 4.39 Å². The van der Waals surface area contributed by atoms with Crippen LogP contribution in [-0.4, -0.2) is 34.3 Å². The Morgan fingerprint density at radius 3 is 2.65 bits per heavy atom. The molecule has 2 N–H and O–H groups in total. The summed E-state index contributed by atoms with van der Waals surface area (Å²) in [6, 6.07) is 14.7. The van der Waals surface area contributed by atoms with E-state index in [0.29, 0.717) is 19.0 Å². The van der Waals surface area contributed by atoms with Gasteiger partial charge in [-0.2, -0.15) is 5.10 Å². The molecule has 0 atom stereocenters. The molecule has 0 aliphatic rings. The number of aromatic nitrogens is 3. The molecule has 0 aliphatic heterocycles. The number of hydrogen-bond acceptors (Lipinski definition) is 3. The van der Waals surface area contributed by atoms with E-state index in [9.17, 15) is 4.39 Å². The molecule has 0 unspecified atom stereocenters. The van der Waals surface area contributed by atoms with Crippen LogP contribution in [0.3, 0.4) is 0 Å². The minimum absolute atomic E-state index is 0.209. The minimum Gasteiger partial charge on any atom is -0.356 e. The average molecular weight is 352 g/mol. The molecule has 0 saturated heterocycles. The van der Waals surface area contributed by atoms with Gasteiger partial charge < -0.3 is 10.6 Å². The van der Waals surface area contributed by atoms with Crippen LogP contribution >= 0.6 is 0 Å². The number of rotatable bonds is 6. The second kappa shape index (κ2) is 8.75. The Morgan fingerprint density at radius 2 is 1.96 bits per heavy atom. The van der Waals surface area contributed by atoms with Crippen molar-refractivity contribution < 1.29 is 4.39 Å². The fourth-order valence-electron chi connectivity index (χ4n) is 2.53. The molecule has 1 heterocycles. The highest BCUT2D eigenvalue weighted by Gasteiger charge is 2.01. The van der Waals surface area contributed by atoms with Gasteiger partial charge in [0.15, 0.2) is 5.96 Å². The van der Waals surface area contributed by atoms with E-state index in [0.717, 1.165) is 23.2 Å². The molecule has 0 amide bonds.